The molecule has 3 N–H and O–H groups in total. The molecule has 2 aromatic carbocycles. The highest BCUT2D eigenvalue weighted by Crippen LogP contribution is 2.25. The summed E-state index contributed by atoms with van der Waals surface area (Å²) in [4.78, 5) is 54.6. The van der Waals surface area contributed by atoms with Crippen molar-refractivity contribution in [2.45, 2.75) is 37.9 Å². The highest BCUT2D eigenvalue weighted by Gasteiger charge is 2.35. The number of fused-ring (bicyclic) bond motifs is 1. The van der Waals surface area contributed by atoms with Gasteiger partial charge in [0.2, 0.25) is 5.91 Å². The summed E-state index contributed by atoms with van der Waals surface area (Å²) >= 11 is 12.1. The van der Waals surface area contributed by atoms with Crippen molar-refractivity contribution < 1.29 is 19.5 Å². The highest BCUT2D eigenvalue weighted by atomic mass is 35.5. The predicted octanol–water partition coefficient (Wildman–Crippen LogP) is 3.35. The van der Waals surface area contributed by atoms with Gasteiger partial charge in [-0.3, -0.25) is 19.1 Å². The largest absolute Gasteiger partial charge is 0.480 e. The summed E-state index contributed by atoms with van der Waals surface area (Å²) < 4.78 is 2.66. The molecule has 41 heavy (non-hydrogen) atoms. The lowest BCUT2D eigenvalue weighted by molar-refractivity contribution is -0.142. The van der Waals surface area contributed by atoms with Crippen LogP contribution in [0.3, 0.4) is 0 Å². The van der Waals surface area contributed by atoms with Crippen LogP contribution in [0.5, 0.6) is 0 Å². The number of aromatic nitrogens is 4. The Morgan fingerprint density at radius 3 is 2.34 bits per heavy atom. The van der Waals surface area contributed by atoms with E-state index in [1.807, 2.05) is 30.3 Å². The van der Waals surface area contributed by atoms with E-state index in [0.717, 1.165) is 5.56 Å². The summed E-state index contributed by atoms with van der Waals surface area (Å²) in [6.45, 7) is 0.269. The molecule has 3 heterocycles. The molecule has 1 unspecified atom stereocenters. The zero-order valence-corrected chi connectivity index (χ0v) is 23.0. The normalized spacial score (nSPS) is 14.7. The third kappa shape index (κ3) is 6.16. The Morgan fingerprint density at radius 2 is 1.68 bits per heavy atom. The minimum atomic E-state index is -1.24. The van der Waals surface area contributed by atoms with Crippen molar-refractivity contribution in [1.29, 1.82) is 0 Å². The number of pyridine rings is 1. The van der Waals surface area contributed by atoms with E-state index in [9.17, 15) is 24.3 Å². The number of amides is 2. The summed E-state index contributed by atoms with van der Waals surface area (Å²) in [7, 11) is 0. The fourth-order valence-corrected chi connectivity index (χ4v) is 5.24. The topological polar surface area (TPSA) is 148 Å². The molecular weight excluding hydrogens is 571 g/mol. The average Bonchev–Trinajstić information content (AvgIpc) is 3.49. The predicted molar refractivity (Wildman–Crippen MR) is 151 cm³/mol. The van der Waals surface area contributed by atoms with E-state index in [-0.39, 0.29) is 28.6 Å². The number of carboxylic acids is 1. The molecule has 1 aliphatic rings. The molecule has 2 aromatic heterocycles. The Balaban J connectivity index is 1.24. The molecule has 0 aliphatic carbocycles. The van der Waals surface area contributed by atoms with Crippen molar-refractivity contribution >= 4 is 46.7 Å². The van der Waals surface area contributed by atoms with Crippen molar-refractivity contribution in [3.05, 3.63) is 110 Å². The van der Waals surface area contributed by atoms with E-state index in [4.69, 9.17) is 23.2 Å². The van der Waals surface area contributed by atoms with Gasteiger partial charge in [-0.05, 0) is 29.7 Å². The molecule has 5 rings (SSSR count). The Bertz CT molecular complexity index is 1650. The molecule has 0 spiro atoms. The highest BCUT2D eigenvalue weighted by molar-refractivity contribution is 6.40. The first-order chi connectivity index (χ1) is 19.7. The van der Waals surface area contributed by atoms with Crippen molar-refractivity contribution in [1.82, 2.24) is 24.6 Å². The molecule has 0 saturated carbocycles. The number of anilines is 1. The molecule has 4 aromatic rings. The van der Waals surface area contributed by atoms with Gasteiger partial charge in [0.15, 0.2) is 0 Å². The molecule has 2 atom stereocenters. The minimum Gasteiger partial charge on any atom is -0.480 e. The smallest absolute Gasteiger partial charge is 0.346 e. The number of rotatable bonds is 9. The van der Waals surface area contributed by atoms with Crippen LogP contribution in [0.4, 0.5) is 5.69 Å². The van der Waals surface area contributed by atoms with Crippen LogP contribution >= 0.6 is 23.2 Å². The maximum absolute atomic E-state index is 13.2. The standard InChI is InChI=1S/C28H24Cl2N6O5/c29-19-13-31-14-20(30)24(19)26(38)32-18-8-6-16(7-9-18)12-21(27(39)40)33-25(37)22-10-11-23-34-35(28(41)36(22)23)15-17-4-2-1-3-5-17/h1-9,13-14,21-22H,10-12,15H2,(H,32,38)(H,33,37)(H,39,40)/t21-,22?/m0/s1. The molecule has 0 radical (unpaired) electrons. The SMILES string of the molecule is O=C(Nc1ccc(C[C@H](NC(=O)C2CCc3nn(Cc4ccccc4)c(=O)n32)C(=O)O)cc1)c1c(Cl)cncc1Cl. The van der Waals surface area contributed by atoms with Gasteiger partial charge in [0, 0.05) is 30.9 Å². The van der Waals surface area contributed by atoms with Crippen LogP contribution in [0, 0.1) is 0 Å². The summed E-state index contributed by atoms with van der Waals surface area (Å²) in [6.07, 6.45) is 3.38. The molecule has 11 nitrogen and oxygen atoms in total. The lowest BCUT2D eigenvalue weighted by atomic mass is 10.0. The zero-order chi connectivity index (χ0) is 29.1. The van der Waals surface area contributed by atoms with Crippen LogP contribution in [0.25, 0.3) is 0 Å². The van der Waals surface area contributed by atoms with Crippen LogP contribution in [0.1, 0.15) is 39.8 Å². The molecule has 210 valence electrons. The Labute approximate surface area is 243 Å². The van der Waals surface area contributed by atoms with Gasteiger partial charge in [-0.1, -0.05) is 65.7 Å². The molecule has 0 saturated heterocycles. The van der Waals surface area contributed by atoms with Crippen molar-refractivity contribution in [2.24, 2.45) is 0 Å². The summed E-state index contributed by atoms with van der Waals surface area (Å²) in [5.41, 5.74) is 1.61. The Kier molecular flexibility index (Phi) is 8.18. The number of halogens is 2. The number of benzene rings is 2. The van der Waals surface area contributed by atoms with Gasteiger partial charge in [-0.2, -0.15) is 5.10 Å². The van der Waals surface area contributed by atoms with Crippen LogP contribution in [0.2, 0.25) is 10.0 Å². The van der Waals surface area contributed by atoms with Crippen molar-refractivity contribution in [2.75, 3.05) is 5.32 Å². The lowest BCUT2D eigenvalue weighted by Gasteiger charge is -2.18. The maximum atomic E-state index is 13.2. The van der Waals surface area contributed by atoms with Gasteiger partial charge in [0.1, 0.15) is 17.9 Å². The average molecular weight is 595 g/mol. The quantitative estimate of drug-likeness (QED) is 0.269. The Hall–Kier alpha value is -4.48. The molecular formula is C28H24Cl2N6O5. The van der Waals surface area contributed by atoms with Gasteiger partial charge >= 0.3 is 11.7 Å². The van der Waals surface area contributed by atoms with Gasteiger partial charge < -0.3 is 15.7 Å². The summed E-state index contributed by atoms with van der Waals surface area (Å²) in [5.74, 6) is -1.82. The van der Waals surface area contributed by atoms with E-state index in [1.165, 1.54) is 21.6 Å². The van der Waals surface area contributed by atoms with Crippen LogP contribution in [-0.4, -0.2) is 48.3 Å². The lowest BCUT2D eigenvalue weighted by Crippen LogP contribution is -2.46. The van der Waals surface area contributed by atoms with E-state index >= 15 is 0 Å². The maximum Gasteiger partial charge on any atom is 0.346 e. The molecule has 0 fully saturated rings. The summed E-state index contributed by atoms with van der Waals surface area (Å²) in [5, 5.41) is 19.7. The first-order valence-corrected chi connectivity index (χ1v) is 13.4. The van der Waals surface area contributed by atoms with Gasteiger partial charge in [0.05, 0.1) is 22.2 Å². The van der Waals surface area contributed by atoms with Gasteiger partial charge in [-0.25, -0.2) is 14.3 Å². The van der Waals surface area contributed by atoms with Gasteiger partial charge in [-0.15, -0.1) is 0 Å². The number of hydrogen-bond acceptors (Lipinski definition) is 6. The number of carbonyl (C=O) groups is 3. The van der Waals surface area contributed by atoms with Crippen molar-refractivity contribution in [3.63, 3.8) is 0 Å². The molecule has 13 heteroatoms. The monoisotopic (exact) mass is 594 g/mol. The first kappa shape index (κ1) is 28.1. The fraction of sp³-hybridized carbons (Fsp3) is 0.214. The van der Waals surface area contributed by atoms with Crippen LogP contribution in [-0.2, 0) is 29.0 Å². The number of aliphatic carboxylic acids is 1. The van der Waals surface area contributed by atoms with Crippen LogP contribution < -0.4 is 16.3 Å². The third-order valence-electron chi connectivity index (χ3n) is 6.72. The molecule has 0 bridgehead atoms. The van der Waals surface area contributed by atoms with E-state index in [0.29, 0.717) is 29.9 Å². The minimum absolute atomic E-state index is 0.0148. The number of carbonyl (C=O) groups excluding carboxylic acids is 2. The number of aryl methyl sites for hydroxylation is 1. The van der Waals surface area contributed by atoms with E-state index in [2.05, 4.69) is 20.7 Å². The fourth-order valence-electron chi connectivity index (χ4n) is 4.70. The van der Waals surface area contributed by atoms with E-state index < -0.39 is 35.6 Å². The number of carboxylic acid groups (broad SMARTS) is 1. The Morgan fingerprint density at radius 1 is 1.00 bits per heavy atom. The first-order valence-electron chi connectivity index (χ1n) is 12.7. The van der Waals surface area contributed by atoms with E-state index in [1.54, 1.807) is 24.3 Å². The number of nitrogens with zero attached hydrogens (tertiary/aromatic N) is 4. The zero-order valence-electron chi connectivity index (χ0n) is 21.5. The molecule has 1 aliphatic heterocycles. The number of hydrogen-bond donors (Lipinski definition) is 3. The van der Waals surface area contributed by atoms with Gasteiger partial charge in [0.25, 0.3) is 5.91 Å². The second kappa shape index (κ2) is 11.9. The second-order valence-electron chi connectivity index (χ2n) is 9.50. The third-order valence-corrected chi connectivity index (χ3v) is 7.29. The second-order valence-corrected chi connectivity index (χ2v) is 10.3. The van der Waals surface area contributed by atoms with Crippen molar-refractivity contribution in [3.8, 4) is 0 Å². The molecule has 2 amide bonds. The van der Waals surface area contributed by atoms with Crippen LogP contribution in [0.15, 0.2) is 71.8 Å². The number of nitrogens with one attached hydrogen (secondary N) is 2. The summed E-state index contributed by atoms with van der Waals surface area (Å²) in [6, 6.07) is 13.7.